The maximum atomic E-state index is 5.94. The topological polar surface area (TPSA) is 51.6 Å². The van der Waals surface area contributed by atoms with E-state index in [9.17, 15) is 0 Å². The van der Waals surface area contributed by atoms with Gasteiger partial charge in [-0.2, -0.15) is 0 Å². The number of nitrogens with zero attached hydrogens (tertiary/aromatic N) is 4. The second kappa shape index (κ2) is 6.23. The van der Waals surface area contributed by atoms with Gasteiger partial charge in [0.1, 0.15) is 21.1 Å². The molecule has 8 heteroatoms. The average Bonchev–Trinajstić information content (AvgIpc) is 2.31. The first-order chi connectivity index (χ1) is 8.65. The molecule has 0 saturated carbocycles. The molecule has 2 rings (SSSR count). The minimum atomic E-state index is 0.210. The molecule has 0 aliphatic rings. The Morgan fingerprint density at radius 3 is 1.50 bits per heavy atom. The molecular weight excluding hydrogens is 311 g/mol. The Hall–Kier alpha value is -0.300. The predicted octanol–water partition coefficient (Wildman–Crippen LogP) is 3.95. The number of aromatic nitrogens is 4. The summed E-state index contributed by atoms with van der Waals surface area (Å²) in [7, 11) is 0. The first-order valence-corrected chi connectivity index (χ1v) is 8.04. The van der Waals surface area contributed by atoms with E-state index in [0.29, 0.717) is 11.0 Å². The van der Waals surface area contributed by atoms with Gasteiger partial charge in [-0.25, -0.2) is 19.9 Å². The molecule has 0 radical (unpaired) electrons. The van der Waals surface area contributed by atoms with Gasteiger partial charge in [-0.05, 0) is 34.7 Å². The molecule has 0 aliphatic heterocycles. The van der Waals surface area contributed by atoms with Crippen molar-refractivity contribution in [1.82, 2.24) is 19.9 Å². The smallest absolute Gasteiger partial charge is 0.213 e. The maximum Gasteiger partial charge on any atom is 0.224 e. The van der Waals surface area contributed by atoms with Crippen LogP contribution in [-0.4, -0.2) is 31.4 Å². The summed E-state index contributed by atoms with van der Waals surface area (Å²) in [4.78, 5) is 16.8. The van der Waals surface area contributed by atoms with Crippen LogP contribution in [0, 0.1) is 0 Å². The Labute approximate surface area is 123 Å². The Morgan fingerprint density at radius 2 is 1.17 bits per heavy atom. The predicted molar refractivity (Wildman–Crippen MR) is 77.9 cm³/mol. The summed E-state index contributed by atoms with van der Waals surface area (Å²) < 4.78 is 0. The van der Waals surface area contributed by atoms with E-state index in [2.05, 4.69) is 19.9 Å². The SMILES string of the molecule is CCSc1nc(Cl)nc2c(SCC)nc(Cl)nc12. The lowest BCUT2D eigenvalue weighted by atomic mass is 10.4. The number of rotatable bonds is 4. The van der Waals surface area contributed by atoms with E-state index < -0.39 is 0 Å². The lowest BCUT2D eigenvalue weighted by Crippen LogP contribution is -1.97. The van der Waals surface area contributed by atoms with E-state index in [1.807, 2.05) is 13.8 Å². The van der Waals surface area contributed by atoms with Crippen molar-refractivity contribution >= 4 is 57.8 Å². The third kappa shape index (κ3) is 2.99. The second-order valence-corrected chi connectivity index (χ2v) is 6.34. The van der Waals surface area contributed by atoms with Crippen LogP contribution in [0.1, 0.15) is 13.8 Å². The zero-order chi connectivity index (χ0) is 13.1. The van der Waals surface area contributed by atoms with Crippen LogP contribution < -0.4 is 0 Å². The van der Waals surface area contributed by atoms with Crippen LogP contribution in [0.15, 0.2) is 10.1 Å². The van der Waals surface area contributed by atoms with Crippen LogP contribution in [0.3, 0.4) is 0 Å². The van der Waals surface area contributed by atoms with Gasteiger partial charge in [0.25, 0.3) is 0 Å². The molecule has 2 aromatic heterocycles. The molecule has 0 aliphatic carbocycles. The lowest BCUT2D eigenvalue weighted by molar-refractivity contribution is 1.01. The number of fused-ring (bicyclic) bond motifs is 1. The molecule has 0 atom stereocenters. The van der Waals surface area contributed by atoms with Gasteiger partial charge in [-0.1, -0.05) is 13.8 Å². The molecule has 4 nitrogen and oxygen atoms in total. The summed E-state index contributed by atoms with van der Waals surface area (Å²) in [5.41, 5.74) is 1.34. The molecule has 0 N–H and O–H groups in total. The molecule has 18 heavy (non-hydrogen) atoms. The maximum absolute atomic E-state index is 5.94. The number of halogens is 2. The molecule has 0 unspecified atom stereocenters. The van der Waals surface area contributed by atoms with E-state index in [4.69, 9.17) is 23.2 Å². The largest absolute Gasteiger partial charge is 0.224 e. The van der Waals surface area contributed by atoms with Crippen molar-refractivity contribution in [2.45, 2.75) is 23.9 Å². The van der Waals surface area contributed by atoms with E-state index in [1.54, 1.807) is 23.5 Å². The second-order valence-electron chi connectivity index (χ2n) is 3.16. The van der Waals surface area contributed by atoms with Crippen molar-refractivity contribution in [3.05, 3.63) is 10.6 Å². The van der Waals surface area contributed by atoms with E-state index >= 15 is 0 Å². The van der Waals surface area contributed by atoms with Crippen molar-refractivity contribution in [1.29, 1.82) is 0 Å². The fraction of sp³-hybridized carbons (Fsp3) is 0.400. The summed E-state index contributed by atoms with van der Waals surface area (Å²) >= 11 is 15.0. The van der Waals surface area contributed by atoms with Gasteiger partial charge in [-0.15, -0.1) is 23.5 Å². The van der Waals surface area contributed by atoms with Gasteiger partial charge in [0.05, 0.1) is 0 Å². The van der Waals surface area contributed by atoms with Gasteiger partial charge < -0.3 is 0 Å². The molecule has 0 aromatic carbocycles. The van der Waals surface area contributed by atoms with E-state index in [-0.39, 0.29) is 10.6 Å². The highest BCUT2D eigenvalue weighted by Crippen LogP contribution is 2.31. The normalized spacial score (nSPS) is 11.1. The monoisotopic (exact) mass is 320 g/mol. The third-order valence-corrected chi connectivity index (χ3v) is 4.02. The minimum Gasteiger partial charge on any atom is -0.213 e. The molecule has 0 saturated heterocycles. The molecule has 0 spiro atoms. The van der Waals surface area contributed by atoms with Crippen molar-refractivity contribution in [3.8, 4) is 0 Å². The van der Waals surface area contributed by atoms with Crippen LogP contribution >= 0.6 is 46.7 Å². The molecular formula is C10H10Cl2N4S2. The van der Waals surface area contributed by atoms with Crippen molar-refractivity contribution in [2.24, 2.45) is 0 Å². The Morgan fingerprint density at radius 1 is 0.778 bits per heavy atom. The zero-order valence-corrected chi connectivity index (χ0v) is 12.9. The third-order valence-electron chi connectivity index (χ3n) is 1.99. The van der Waals surface area contributed by atoms with Gasteiger partial charge in [0.2, 0.25) is 10.6 Å². The van der Waals surface area contributed by atoms with Crippen LogP contribution in [0.25, 0.3) is 11.0 Å². The van der Waals surface area contributed by atoms with Gasteiger partial charge >= 0.3 is 0 Å². The zero-order valence-electron chi connectivity index (χ0n) is 9.78. The van der Waals surface area contributed by atoms with Crippen LogP contribution in [0.5, 0.6) is 0 Å². The molecule has 0 amide bonds. The standard InChI is InChI=1S/C10H10Cl2N4S2/c1-3-17-7-5-6(14-9(11)15-7)8(18-4-2)16-10(12)13-5/h3-4H2,1-2H3. The number of thioether (sulfide) groups is 2. The fourth-order valence-corrected chi connectivity index (χ4v) is 3.23. The van der Waals surface area contributed by atoms with Gasteiger partial charge in [0.15, 0.2) is 0 Å². The average molecular weight is 321 g/mol. The Kier molecular flexibility index (Phi) is 4.89. The van der Waals surface area contributed by atoms with Crippen molar-refractivity contribution in [2.75, 3.05) is 11.5 Å². The Balaban J connectivity index is 2.71. The number of hydrogen-bond donors (Lipinski definition) is 0. The summed E-state index contributed by atoms with van der Waals surface area (Å²) in [6.45, 7) is 4.08. The fourth-order valence-electron chi connectivity index (χ4n) is 1.39. The minimum absolute atomic E-state index is 0.210. The Bertz CT molecular complexity index is 528. The molecule has 0 bridgehead atoms. The van der Waals surface area contributed by atoms with Crippen LogP contribution in [0.2, 0.25) is 10.6 Å². The highest BCUT2D eigenvalue weighted by atomic mass is 35.5. The highest BCUT2D eigenvalue weighted by molar-refractivity contribution is 7.99. The summed E-state index contributed by atoms with van der Waals surface area (Å²) in [5.74, 6) is 1.75. The summed E-state index contributed by atoms with van der Waals surface area (Å²) in [6.07, 6.45) is 0. The number of hydrogen-bond acceptors (Lipinski definition) is 6. The first-order valence-electron chi connectivity index (χ1n) is 5.32. The van der Waals surface area contributed by atoms with Crippen molar-refractivity contribution < 1.29 is 0 Å². The van der Waals surface area contributed by atoms with E-state index in [0.717, 1.165) is 21.6 Å². The molecule has 2 heterocycles. The molecule has 2 aromatic rings. The highest BCUT2D eigenvalue weighted by Gasteiger charge is 2.14. The van der Waals surface area contributed by atoms with Gasteiger partial charge in [-0.3, -0.25) is 0 Å². The summed E-state index contributed by atoms with van der Waals surface area (Å²) in [5, 5.41) is 1.91. The van der Waals surface area contributed by atoms with Crippen LogP contribution in [-0.2, 0) is 0 Å². The van der Waals surface area contributed by atoms with Crippen LogP contribution in [0.4, 0.5) is 0 Å². The van der Waals surface area contributed by atoms with Crippen molar-refractivity contribution in [3.63, 3.8) is 0 Å². The summed E-state index contributed by atoms with van der Waals surface area (Å²) in [6, 6.07) is 0. The molecule has 96 valence electrons. The van der Waals surface area contributed by atoms with Gasteiger partial charge in [0, 0.05) is 0 Å². The van der Waals surface area contributed by atoms with E-state index in [1.165, 1.54) is 0 Å². The molecule has 0 fully saturated rings. The first kappa shape index (κ1) is 14.1. The lowest BCUT2D eigenvalue weighted by Gasteiger charge is -2.07. The quantitative estimate of drug-likeness (QED) is 0.483.